The predicted octanol–water partition coefficient (Wildman–Crippen LogP) is 3.80. The number of para-hydroxylation sites is 1. The third kappa shape index (κ3) is 4.71. The van der Waals surface area contributed by atoms with Gasteiger partial charge in [0.25, 0.3) is 11.7 Å². The number of carbonyl (C=O) groups excluding carboxylic acids is 2. The maximum atomic E-state index is 12.6. The minimum atomic E-state index is -0.724. The molecule has 3 rings (SSSR count). The Bertz CT molecular complexity index is 957. The summed E-state index contributed by atoms with van der Waals surface area (Å²) < 4.78 is 6.84. The van der Waals surface area contributed by atoms with Gasteiger partial charge < -0.3 is 9.64 Å². The first-order valence-corrected chi connectivity index (χ1v) is 10.3. The molecule has 0 radical (unpaired) electrons. The molecule has 0 unspecified atom stereocenters. The van der Waals surface area contributed by atoms with Gasteiger partial charge in [0.15, 0.2) is 12.4 Å². The van der Waals surface area contributed by atoms with Crippen LogP contribution in [0.15, 0.2) is 47.8 Å². The Labute approximate surface area is 173 Å². The second-order valence-electron chi connectivity index (χ2n) is 7.05. The van der Waals surface area contributed by atoms with Crippen molar-refractivity contribution in [3.8, 4) is 16.4 Å². The minimum Gasteiger partial charge on any atom is -0.450 e. The summed E-state index contributed by atoms with van der Waals surface area (Å²) in [5.41, 5.74) is 0.782. The van der Waals surface area contributed by atoms with Crippen LogP contribution < -0.4 is 0 Å². The van der Waals surface area contributed by atoms with E-state index in [0.717, 1.165) is 10.6 Å². The number of esters is 1. The average Bonchev–Trinajstić information content (AvgIpc) is 3.35. The lowest BCUT2D eigenvalue weighted by Gasteiger charge is -2.30. The van der Waals surface area contributed by atoms with Crippen LogP contribution in [0.3, 0.4) is 0 Å². The summed E-state index contributed by atoms with van der Waals surface area (Å²) in [7, 11) is 0. The number of nitrogens with zero attached hydrogens (tertiary/aromatic N) is 4. The summed E-state index contributed by atoms with van der Waals surface area (Å²) >= 11 is 1.50. The molecule has 0 fully saturated rings. The monoisotopic (exact) mass is 412 g/mol. The highest BCUT2D eigenvalue weighted by Crippen LogP contribution is 2.25. The van der Waals surface area contributed by atoms with Crippen LogP contribution in [0.5, 0.6) is 0 Å². The zero-order valence-electron chi connectivity index (χ0n) is 16.9. The molecule has 0 atom stereocenters. The summed E-state index contributed by atoms with van der Waals surface area (Å²) in [6.07, 6.45) is 0. The maximum Gasteiger partial charge on any atom is 0.378 e. The van der Waals surface area contributed by atoms with Gasteiger partial charge in [-0.05, 0) is 51.3 Å². The van der Waals surface area contributed by atoms with Crippen LogP contribution in [0.1, 0.15) is 38.3 Å². The number of amides is 1. The van der Waals surface area contributed by atoms with Crippen molar-refractivity contribution in [2.24, 2.45) is 0 Å². The minimum absolute atomic E-state index is 0.0158. The molecule has 3 aromatic rings. The molecule has 29 heavy (non-hydrogen) atoms. The van der Waals surface area contributed by atoms with E-state index in [2.05, 4.69) is 10.1 Å². The largest absolute Gasteiger partial charge is 0.450 e. The normalized spacial score (nSPS) is 11.1. The Kier molecular flexibility index (Phi) is 6.43. The Hall–Kier alpha value is -3.00. The number of ether oxygens (including phenoxy) is 1. The number of hydrogen-bond acceptors (Lipinski definition) is 6. The SMILES string of the molecule is CC(C)N(C(=O)COC(=O)c1nc(-c2cccs2)n(-c2ccccc2)n1)C(C)C. The van der Waals surface area contributed by atoms with Gasteiger partial charge in [-0.2, -0.15) is 4.98 Å². The molecule has 1 amide bonds. The molecule has 0 aliphatic heterocycles. The number of aromatic nitrogens is 3. The van der Waals surface area contributed by atoms with Crippen molar-refractivity contribution < 1.29 is 14.3 Å². The highest BCUT2D eigenvalue weighted by molar-refractivity contribution is 7.13. The Morgan fingerprint density at radius 3 is 2.34 bits per heavy atom. The molecule has 0 N–H and O–H groups in total. The highest BCUT2D eigenvalue weighted by Gasteiger charge is 2.24. The van der Waals surface area contributed by atoms with Gasteiger partial charge in [0, 0.05) is 12.1 Å². The van der Waals surface area contributed by atoms with E-state index in [1.807, 2.05) is 75.5 Å². The summed E-state index contributed by atoms with van der Waals surface area (Å²) in [4.78, 5) is 31.9. The van der Waals surface area contributed by atoms with Crippen LogP contribution >= 0.6 is 11.3 Å². The van der Waals surface area contributed by atoms with Crippen molar-refractivity contribution in [2.45, 2.75) is 39.8 Å². The summed E-state index contributed by atoms with van der Waals surface area (Å²) in [6, 6.07) is 13.3. The number of thiophene rings is 1. The summed E-state index contributed by atoms with van der Waals surface area (Å²) in [5.74, 6) is -0.496. The first-order chi connectivity index (χ1) is 13.9. The molecule has 2 aromatic heterocycles. The maximum absolute atomic E-state index is 12.6. The quantitative estimate of drug-likeness (QED) is 0.552. The summed E-state index contributed by atoms with van der Waals surface area (Å²) in [6.45, 7) is 7.36. The van der Waals surface area contributed by atoms with E-state index in [0.29, 0.717) is 5.82 Å². The molecule has 1 aromatic carbocycles. The van der Waals surface area contributed by atoms with Gasteiger partial charge in [-0.15, -0.1) is 16.4 Å². The van der Waals surface area contributed by atoms with Crippen molar-refractivity contribution in [1.29, 1.82) is 0 Å². The average molecular weight is 413 g/mol. The van der Waals surface area contributed by atoms with Crippen molar-refractivity contribution in [3.05, 3.63) is 53.7 Å². The van der Waals surface area contributed by atoms with Crippen molar-refractivity contribution in [1.82, 2.24) is 19.7 Å². The lowest BCUT2D eigenvalue weighted by Crippen LogP contribution is -2.44. The zero-order valence-corrected chi connectivity index (χ0v) is 17.7. The molecular weight excluding hydrogens is 388 g/mol. The van der Waals surface area contributed by atoms with E-state index < -0.39 is 5.97 Å². The predicted molar refractivity (Wildman–Crippen MR) is 112 cm³/mol. The molecule has 0 spiro atoms. The first-order valence-electron chi connectivity index (χ1n) is 9.43. The molecule has 7 nitrogen and oxygen atoms in total. The van der Waals surface area contributed by atoms with Gasteiger partial charge >= 0.3 is 5.97 Å². The van der Waals surface area contributed by atoms with Crippen LogP contribution in [-0.4, -0.2) is 50.2 Å². The molecule has 8 heteroatoms. The smallest absolute Gasteiger partial charge is 0.378 e. The molecule has 0 saturated heterocycles. The van der Waals surface area contributed by atoms with E-state index in [1.165, 1.54) is 11.3 Å². The molecule has 0 saturated carbocycles. The molecular formula is C21H24N4O3S. The van der Waals surface area contributed by atoms with Crippen LogP contribution in [0.2, 0.25) is 0 Å². The van der Waals surface area contributed by atoms with Gasteiger partial charge in [0.2, 0.25) is 0 Å². The van der Waals surface area contributed by atoms with E-state index in [9.17, 15) is 9.59 Å². The van der Waals surface area contributed by atoms with Gasteiger partial charge in [-0.1, -0.05) is 24.3 Å². The number of benzene rings is 1. The summed E-state index contributed by atoms with van der Waals surface area (Å²) in [5, 5.41) is 6.28. The first kappa shape index (κ1) is 20.7. The van der Waals surface area contributed by atoms with E-state index >= 15 is 0 Å². The second-order valence-corrected chi connectivity index (χ2v) is 8.00. The highest BCUT2D eigenvalue weighted by atomic mass is 32.1. The molecule has 152 valence electrons. The third-order valence-corrected chi connectivity index (χ3v) is 5.13. The molecule has 0 aliphatic carbocycles. The topological polar surface area (TPSA) is 77.3 Å². The standard InChI is InChI=1S/C21H24N4O3S/c1-14(2)24(15(3)4)18(26)13-28-21(27)19-22-20(17-11-8-12-29-17)25(23-19)16-9-6-5-7-10-16/h5-12,14-15H,13H2,1-4H3. The number of rotatable bonds is 7. The fourth-order valence-corrected chi connectivity index (χ4v) is 3.85. The van der Waals surface area contributed by atoms with Gasteiger partial charge in [0.1, 0.15) is 0 Å². The number of carbonyl (C=O) groups is 2. The Morgan fingerprint density at radius 2 is 1.76 bits per heavy atom. The fourth-order valence-electron chi connectivity index (χ4n) is 3.15. The number of hydrogen-bond donors (Lipinski definition) is 0. The second kappa shape index (κ2) is 9.00. The lowest BCUT2D eigenvalue weighted by atomic mass is 10.2. The van der Waals surface area contributed by atoms with E-state index in [-0.39, 0.29) is 30.4 Å². The molecule has 0 bridgehead atoms. The zero-order chi connectivity index (χ0) is 21.0. The van der Waals surface area contributed by atoms with Crippen LogP contribution in [0, 0.1) is 0 Å². The third-order valence-electron chi connectivity index (χ3n) is 4.26. The van der Waals surface area contributed by atoms with Gasteiger partial charge in [0.05, 0.1) is 10.6 Å². The molecule has 2 heterocycles. The van der Waals surface area contributed by atoms with Crippen molar-refractivity contribution in [3.63, 3.8) is 0 Å². The fraction of sp³-hybridized carbons (Fsp3) is 0.333. The Balaban J connectivity index is 1.82. The van der Waals surface area contributed by atoms with Crippen molar-refractivity contribution >= 4 is 23.2 Å². The van der Waals surface area contributed by atoms with Crippen molar-refractivity contribution in [2.75, 3.05) is 6.61 Å². The molecule has 0 aliphatic rings. The Morgan fingerprint density at radius 1 is 1.07 bits per heavy atom. The van der Waals surface area contributed by atoms with Gasteiger partial charge in [-0.3, -0.25) is 4.79 Å². The lowest BCUT2D eigenvalue weighted by molar-refractivity contribution is -0.138. The van der Waals surface area contributed by atoms with Crippen LogP contribution in [0.25, 0.3) is 16.4 Å². The van der Waals surface area contributed by atoms with E-state index in [4.69, 9.17) is 4.74 Å². The van der Waals surface area contributed by atoms with Crippen LogP contribution in [0.4, 0.5) is 0 Å². The van der Waals surface area contributed by atoms with Gasteiger partial charge in [-0.25, -0.2) is 9.48 Å². The van der Waals surface area contributed by atoms with Crippen LogP contribution in [-0.2, 0) is 9.53 Å². The van der Waals surface area contributed by atoms with E-state index in [1.54, 1.807) is 9.58 Å².